The minimum absolute atomic E-state index is 0. The number of hydrogen-bond donors (Lipinski definition) is 0. The molecule has 2 aliphatic rings. The predicted octanol–water partition coefficient (Wildman–Crippen LogP) is 3.09. The van der Waals surface area contributed by atoms with Crippen molar-refractivity contribution < 1.29 is 19.1 Å². The number of cyclic esters (lactones) is 2. The number of rotatable bonds is 0. The Hall–Kier alpha value is -1.06. The Morgan fingerprint density at radius 3 is 2.39 bits per heavy atom. The average molecular weight is 258 g/mol. The zero-order valence-electron chi connectivity index (χ0n) is 10.6. The first-order valence-electron chi connectivity index (χ1n) is 6.52. The van der Waals surface area contributed by atoms with Crippen molar-refractivity contribution in [1.29, 1.82) is 0 Å². The lowest BCUT2D eigenvalue weighted by Gasteiger charge is -2.02. The van der Waals surface area contributed by atoms with E-state index in [0.29, 0.717) is 19.6 Å². The molecule has 0 aromatic heterocycles. The van der Waals surface area contributed by atoms with Crippen molar-refractivity contribution in [2.75, 3.05) is 13.2 Å². The minimum Gasteiger partial charge on any atom is -0.466 e. The summed E-state index contributed by atoms with van der Waals surface area (Å²) in [7, 11) is 0. The molecular weight excluding hydrogens is 232 g/mol. The summed E-state index contributed by atoms with van der Waals surface area (Å²) in [5.74, 6) is 0.0856. The van der Waals surface area contributed by atoms with Crippen LogP contribution in [0.25, 0.3) is 0 Å². The van der Waals surface area contributed by atoms with Gasteiger partial charge in [0.1, 0.15) is 0 Å². The van der Waals surface area contributed by atoms with E-state index in [1.165, 1.54) is 0 Å². The molecule has 1 unspecified atom stereocenters. The number of ether oxygens (including phenoxy) is 2. The number of carbonyl (C=O) groups is 2. The molecule has 0 aliphatic carbocycles. The van der Waals surface area contributed by atoms with Crippen molar-refractivity contribution >= 4 is 11.9 Å². The smallest absolute Gasteiger partial charge is 0.308 e. The SMILES string of the molecule is C.CC1CCCCOC1=O.O=C1CCCCCO1. The van der Waals surface area contributed by atoms with Crippen LogP contribution in [-0.2, 0) is 19.1 Å². The van der Waals surface area contributed by atoms with Crippen LogP contribution in [0, 0.1) is 5.92 Å². The Kier molecular flexibility index (Phi) is 9.33. The van der Waals surface area contributed by atoms with E-state index in [9.17, 15) is 9.59 Å². The van der Waals surface area contributed by atoms with Crippen molar-refractivity contribution in [3.8, 4) is 0 Å². The molecule has 0 aromatic carbocycles. The molecule has 2 heterocycles. The molecule has 0 radical (unpaired) electrons. The molecule has 1 atom stereocenters. The van der Waals surface area contributed by atoms with Gasteiger partial charge in [-0.05, 0) is 38.5 Å². The second-order valence-corrected chi connectivity index (χ2v) is 4.60. The molecule has 2 rings (SSSR count). The van der Waals surface area contributed by atoms with Gasteiger partial charge in [-0.15, -0.1) is 0 Å². The van der Waals surface area contributed by atoms with E-state index in [1.807, 2.05) is 6.92 Å². The van der Waals surface area contributed by atoms with Gasteiger partial charge in [0.25, 0.3) is 0 Å². The summed E-state index contributed by atoms with van der Waals surface area (Å²) in [5, 5.41) is 0. The molecule has 18 heavy (non-hydrogen) atoms. The first-order valence-corrected chi connectivity index (χ1v) is 6.52. The molecule has 4 nitrogen and oxygen atoms in total. The fourth-order valence-electron chi connectivity index (χ4n) is 1.79. The summed E-state index contributed by atoms with van der Waals surface area (Å²) in [6.45, 7) is 3.19. The molecule has 0 spiro atoms. The summed E-state index contributed by atoms with van der Waals surface area (Å²) in [5.41, 5.74) is 0. The maximum atomic E-state index is 10.8. The zero-order valence-corrected chi connectivity index (χ0v) is 10.6. The van der Waals surface area contributed by atoms with E-state index in [-0.39, 0.29) is 25.3 Å². The van der Waals surface area contributed by atoms with Crippen molar-refractivity contribution in [3.05, 3.63) is 0 Å². The van der Waals surface area contributed by atoms with Gasteiger partial charge in [0.05, 0.1) is 19.1 Å². The first kappa shape index (κ1) is 16.9. The Morgan fingerprint density at radius 2 is 1.61 bits per heavy atom. The fourth-order valence-corrected chi connectivity index (χ4v) is 1.79. The van der Waals surface area contributed by atoms with Crippen LogP contribution in [0.5, 0.6) is 0 Å². The second kappa shape index (κ2) is 9.92. The van der Waals surface area contributed by atoms with Gasteiger partial charge < -0.3 is 9.47 Å². The molecular formula is C14H26O4. The van der Waals surface area contributed by atoms with Crippen LogP contribution in [-0.4, -0.2) is 25.2 Å². The van der Waals surface area contributed by atoms with Gasteiger partial charge in [-0.2, -0.15) is 0 Å². The topological polar surface area (TPSA) is 52.6 Å². The predicted molar refractivity (Wildman–Crippen MR) is 70.1 cm³/mol. The molecule has 2 saturated heterocycles. The third-order valence-corrected chi connectivity index (χ3v) is 2.97. The molecule has 0 N–H and O–H groups in total. The first-order chi connectivity index (χ1) is 8.20. The number of esters is 2. The van der Waals surface area contributed by atoms with E-state index in [0.717, 1.165) is 38.5 Å². The van der Waals surface area contributed by atoms with E-state index in [2.05, 4.69) is 0 Å². The van der Waals surface area contributed by atoms with Crippen LogP contribution < -0.4 is 0 Å². The zero-order chi connectivity index (χ0) is 12.5. The van der Waals surface area contributed by atoms with Gasteiger partial charge in [-0.1, -0.05) is 14.4 Å². The third kappa shape index (κ3) is 7.30. The van der Waals surface area contributed by atoms with Crippen molar-refractivity contribution in [3.63, 3.8) is 0 Å². The van der Waals surface area contributed by atoms with Crippen LogP contribution in [0.2, 0.25) is 0 Å². The monoisotopic (exact) mass is 258 g/mol. The Labute approximate surface area is 110 Å². The Bertz CT molecular complexity index is 240. The summed E-state index contributed by atoms with van der Waals surface area (Å²) in [4.78, 5) is 21.3. The lowest BCUT2D eigenvalue weighted by Crippen LogP contribution is -2.11. The molecule has 0 aromatic rings. The van der Waals surface area contributed by atoms with Gasteiger partial charge in [0.15, 0.2) is 0 Å². The number of carbonyl (C=O) groups excluding carboxylic acids is 2. The van der Waals surface area contributed by atoms with Gasteiger partial charge in [0.2, 0.25) is 0 Å². The Morgan fingerprint density at radius 1 is 0.944 bits per heavy atom. The van der Waals surface area contributed by atoms with Crippen molar-refractivity contribution in [2.24, 2.45) is 5.92 Å². The van der Waals surface area contributed by atoms with Gasteiger partial charge in [-0.3, -0.25) is 9.59 Å². The molecule has 4 heteroatoms. The third-order valence-electron chi connectivity index (χ3n) is 2.97. The molecule has 0 bridgehead atoms. The van der Waals surface area contributed by atoms with Gasteiger partial charge >= 0.3 is 11.9 Å². The van der Waals surface area contributed by atoms with Gasteiger partial charge in [-0.25, -0.2) is 0 Å². The molecule has 0 saturated carbocycles. The largest absolute Gasteiger partial charge is 0.466 e. The standard InChI is InChI=1S/C7H12O2.C6H10O2.CH4/c1-6-4-2-3-5-9-7(6)8;7-6-4-2-1-3-5-8-6;/h6H,2-5H2,1H3;1-5H2;1H4. The maximum absolute atomic E-state index is 10.8. The lowest BCUT2D eigenvalue weighted by molar-refractivity contribution is -0.146. The quantitative estimate of drug-likeness (QED) is 0.626. The van der Waals surface area contributed by atoms with E-state index >= 15 is 0 Å². The summed E-state index contributed by atoms with van der Waals surface area (Å²) >= 11 is 0. The highest BCUT2D eigenvalue weighted by atomic mass is 16.5. The van der Waals surface area contributed by atoms with E-state index in [1.54, 1.807) is 0 Å². The summed E-state index contributed by atoms with van der Waals surface area (Å²) in [6, 6.07) is 0. The average Bonchev–Trinajstić information content (AvgIpc) is 2.65. The second-order valence-electron chi connectivity index (χ2n) is 4.60. The van der Waals surface area contributed by atoms with Crippen molar-refractivity contribution in [1.82, 2.24) is 0 Å². The van der Waals surface area contributed by atoms with E-state index < -0.39 is 0 Å². The summed E-state index contributed by atoms with van der Waals surface area (Å²) in [6.07, 6.45) is 7.00. The highest BCUT2D eigenvalue weighted by Gasteiger charge is 2.16. The van der Waals surface area contributed by atoms with Gasteiger partial charge in [0, 0.05) is 6.42 Å². The molecule has 2 fully saturated rings. The maximum Gasteiger partial charge on any atom is 0.308 e. The van der Waals surface area contributed by atoms with Crippen LogP contribution in [0.15, 0.2) is 0 Å². The molecule has 106 valence electrons. The van der Waals surface area contributed by atoms with Crippen LogP contribution in [0.1, 0.15) is 59.3 Å². The minimum atomic E-state index is -0.0255. The van der Waals surface area contributed by atoms with Crippen LogP contribution >= 0.6 is 0 Å². The highest BCUT2D eigenvalue weighted by Crippen LogP contribution is 2.13. The lowest BCUT2D eigenvalue weighted by atomic mass is 10.1. The molecule has 0 amide bonds. The van der Waals surface area contributed by atoms with Crippen LogP contribution in [0.3, 0.4) is 0 Å². The Balaban J connectivity index is 0.000000306. The normalized spacial score (nSPS) is 24.2. The summed E-state index contributed by atoms with van der Waals surface area (Å²) < 4.78 is 9.64. The van der Waals surface area contributed by atoms with E-state index in [4.69, 9.17) is 9.47 Å². The van der Waals surface area contributed by atoms with Crippen LogP contribution in [0.4, 0.5) is 0 Å². The highest BCUT2D eigenvalue weighted by molar-refractivity contribution is 5.72. The molecule has 2 aliphatic heterocycles. The number of hydrogen-bond acceptors (Lipinski definition) is 4. The fraction of sp³-hybridized carbons (Fsp3) is 0.857. The van der Waals surface area contributed by atoms with Crippen molar-refractivity contribution in [2.45, 2.75) is 59.3 Å².